The molecular formula is C19H19N5O3. The molecular weight excluding hydrogens is 346 g/mol. The van der Waals surface area contributed by atoms with Crippen molar-refractivity contribution in [3.05, 3.63) is 72.1 Å². The van der Waals surface area contributed by atoms with Crippen LogP contribution < -0.4 is 5.32 Å². The first-order valence-electron chi connectivity index (χ1n) is 8.44. The van der Waals surface area contributed by atoms with Gasteiger partial charge in [0.1, 0.15) is 6.33 Å². The second-order valence-electron chi connectivity index (χ2n) is 5.99. The largest absolute Gasteiger partial charge is 0.449 e. The lowest BCUT2D eigenvalue weighted by Crippen LogP contribution is -2.37. The van der Waals surface area contributed by atoms with Crippen molar-refractivity contribution in [1.29, 1.82) is 0 Å². The predicted molar refractivity (Wildman–Crippen MR) is 97.0 cm³/mol. The van der Waals surface area contributed by atoms with Gasteiger partial charge in [0.15, 0.2) is 6.10 Å². The summed E-state index contributed by atoms with van der Waals surface area (Å²) in [6.07, 6.45) is 0.538. The van der Waals surface area contributed by atoms with E-state index in [4.69, 9.17) is 4.74 Å². The maximum absolute atomic E-state index is 12.3. The quantitative estimate of drug-likeness (QED) is 0.672. The first-order chi connectivity index (χ1) is 13.0. The molecule has 0 bridgehead atoms. The van der Waals surface area contributed by atoms with E-state index in [1.807, 2.05) is 37.3 Å². The molecule has 1 N–H and O–H groups in total. The molecule has 2 aromatic carbocycles. The normalized spacial score (nSPS) is 12.8. The molecule has 3 rings (SSSR count). The van der Waals surface area contributed by atoms with Gasteiger partial charge in [0, 0.05) is 0 Å². The van der Waals surface area contributed by atoms with Crippen molar-refractivity contribution in [2.45, 2.75) is 26.0 Å². The van der Waals surface area contributed by atoms with Crippen LogP contribution in [-0.2, 0) is 9.53 Å². The number of rotatable bonds is 6. The summed E-state index contributed by atoms with van der Waals surface area (Å²) >= 11 is 0. The van der Waals surface area contributed by atoms with Crippen LogP contribution in [0.25, 0.3) is 5.69 Å². The van der Waals surface area contributed by atoms with E-state index in [9.17, 15) is 9.59 Å². The number of hydrogen-bond donors (Lipinski definition) is 1. The highest BCUT2D eigenvalue weighted by Crippen LogP contribution is 2.13. The number of carbonyl (C=O) groups excluding carboxylic acids is 2. The highest BCUT2D eigenvalue weighted by Gasteiger charge is 2.20. The fraction of sp³-hybridized carbons (Fsp3) is 0.211. The van der Waals surface area contributed by atoms with E-state index in [0.717, 1.165) is 5.56 Å². The third-order valence-corrected chi connectivity index (χ3v) is 4.03. The molecule has 2 unspecified atom stereocenters. The average molecular weight is 365 g/mol. The highest BCUT2D eigenvalue weighted by atomic mass is 16.5. The summed E-state index contributed by atoms with van der Waals surface area (Å²) in [5.74, 6) is -0.932. The summed E-state index contributed by atoms with van der Waals surface area (Å²) in [4.78, 5) is 24.6. The molecule has 0 fully saturated rings. The number of ether oxygens (including phenoxy) is 1. The van der Waals surface area contributed by atoms with E-state index < -0.39 is 12.1 Å². The van der Waals surface area contributed by atoms with Crippen molar-refractivity contribution >= 4 is 11.9 Å². The maximum Gasteiger partial charge on any atom is 0.338 e. The SMILES string of the molecule is CC(OC(=O)c1ccc(-n2cnnn2)cc1)C(=O)NC(C)c1ccccc1. The molecule has 0 aliphatic carbocycles. The Hall–Kier alpha value is -3.55. The van der Waals surface area contributed by atoms with Gasteiger partial charge in [-0.15, -0.1) is 5.10 Å². The van der Waals surface area contributed by atoms with E-state index >= 15 is 0 Å². The minimum Gasteiger partial charge on any atom is -0.449 e. The van der Waals surface area contributed by atoms with E-state index in [2.05, 4.69) is 20.8 Å². The molecule has 8 heteroatoms. The number of nitrogens with one attached hydrogen (secondary N) is 1. The molecule has 138 valence electrons. The van der Waals surface area contributed by atoms with Gasteiger partial charge in [-0.2, -0.15) is 0 Å². The van der Waals surface area contributed by atoms with Crippen molar-refractivity contribution in [3.63, 3.8) is 0 Å². The molecule has 0 saturated carbocycles. The Balaban J connectivity index is 1.57. The number of esters is 1. The second kappa shape index (κ2) is 8.22. The van der Waals surface area contributed by atoms with Gasteiger partial charge in [-0.1, -0.05) is 30.3 Å². The van der Waals surface area contributed by atoms with Crippen LogP contribution in [0.3, 0.4) is 0 Å². The summed E-state index contributed by atoms with van der Waals surface area (Å²) in [6, 6.07) is 15.9. The van der Waals surface area contributed by atoms with Gasteiger partial charge in [-0.25, -0.2) is 9.48 Å². The van der Waals surface area contributed by atoms with Crippen molar-refractivity contribution in [2.75, 3.05) is 0 Å². The van der Waals surface area contributed by atoms with Crippen LogP contribution in [0.2, 0.25) is 0 Å². The Bertz CT molecular complexity index is 895. The van der Waals surface area contributed by atoms with Gasteiger partial charge >= 0.3 is 5.97 Å². The van der Waals surface area contributed by atoms with E-state index in [1.54, 1.807) is 31.2 Å². The smallest absolute Gasteiger partial charge is 0.338 e. The summed E-state index contributed by atoms with van der Waals surface area (Å²) < 4.78 is 6.74. The Labute approximate surface area is 156 Å². The Kier molecular flexibility index (Phi) is 5.55. The highest BCUT2D eigenvalue weighted by molar-refractivity contribution is 5.92. The van der Waals surface area contributed by atoms with Gasteiger partial charge < -0.3 is 10.1 Å². The molecule has 1 amide bonds. The number of tetrazole rings is 1. The van der Waals surface area contributed by atoms with Gasteiger partial charge in [0.2, 0.25) is 0 Å². The molecule has 2 atom stereocenters. The molecule has 0 aliphatic heterocycles. The topological polar surface area (TPSA) is 99.0 Å². The Morgan fingerprint density at radius 3 is 2.37 bits per heavy atom. The standard InChI is InChI=1S/C19H19N5O3/c1-13(15-6-4-3-5-7-15)21-18(25)14(2)27-19(26)16-8-10-17(11-9-16)24-12-20-22-23-24/h3-14H,1-2H3,(H,21,25). The molecule has 0 spiro atoms. The summed E-state index contributed by atoms with van der Waals surface area (Å²) in [6.45, 7) is 3.42. The van der Waals surface area contributed by atoms with Gasteiger partial charge in [0.05, 0.1) is 17.3 Å². The third kappa shape index (κ3) is 4.55. The van der Waals surface area contributed by atoms with Crippen molar-refractivity contribution in [1.82, 2.24) is 25.5 Å². The first-order valence-corrected chi connectivity index (χ1v) is 8.44. The fourth-order valence-corrected chi connectivity index (χ4v) is 2.47. The molecule has 0 radical (unpaired) electrons. The lowest BCUT2D eigenvalue weighted by atomic mass is 10.1. The molecule has 27 heavy (non-hydrogen) atoms. The summed E-state index contributed by atoms with van der Waals surface area (Å²) in [5, 5.41) is 13.7. The van der Waals surface area contributed by atoms with Crippen molar-refractivity contribution in [3.8, 4) is 5.69 Å². The van der Waals surface area contributed by atoms with Gasteiger partial charge in [-0.3, -0.25) is 4.79 Å². The average Bonchev–Trinajstić information content (AvgIpc) is 3.23. The van der Waals surface area contributed by atoms with E-state index in [0.29, 0.717) is 11.3 Å². The number of aromatic nitrogens is 4. The Morgan fingerprint density at radius 1 is 1.04 bits per heavy atom. The minimum atomic E-state index is -0.914. The zero-order chi connectivity index (χ0) is 19.2. The predicted octanol–water partition coefficient (Wildman–Crippen LogP) is 2.08. The second-order valence-corrected chi connectivity index (χ2v) is 5.99. The first kappa shape index (κ1) is 18.2. The number of carbonyl (C=O) groups is 2. The maximum atomic E-state index is 12.3. The van der Waals surface area contributed by atoms with Crippen LogP contribution in [0, 0.1) is 0 Å². The molecule has 0 aliphatic rings. The monoisotopic (exact) mass is 365 g/mol. The third-order valence-electron chi connectivity index (χ3n) is 4.03. The van der Waals surface area contributed by atoms with Crippen LogP contribution >= 0.6 is 0 Å². The zero-order valence-electron chi connectivity index (χ0n) is 14.9. The number of amides is 1. The zero-order valence-corrected chi connectivity index (χ0v) is 14.9. The fourth-order valence-electron chi connectivity index (χ4n) is 2.47. The Morgan fingerprint density at radius 2 is 1.74 bits per heavy atom. The molecule has 8 nitrogen and oxygen atoms in total. The van der Waals surface area contributed by atoms with E-state index in [-0.39, 0.29) is 11.9 Å². The van der Waals surface area contributed by atoms with Crippen LogP contribution in [0.15, 0.2) is 60.9 Å². The van der Waals surface area contributed by atoms with Gasteiger partial charge in [0.25, 0.3) is 5.91 Å². The lowest BCUT2D eigenvalue weighted by molar-refractivity contribution is -0.129. The summed E-state index contributed by atoms with van der Waals surface area (Å²) in [5.41, 5.74) is 2.02. The van der Waals surface area contributed by atoms with Crippen LogP contribution in [0.5, 0.6) is 0 Å². The van der Waals surface area contributed by atoms with Crippen LogP contribution in [0.4, 0.5) is 0 Å². The summed E-state index contributed by atoms with van der Waals surface area (Å²) in [7, 11) is 0. The molecule has 0 saturated heterocycles. The number of nitrogens with zero attached hydrogens (tertiary/aromatic N) is 4. The van der Waals surface area contributed by atoms with E-state index in [1.165, 1.54) is 11.0 Å². The number of hydrogen-bond acceptors (Lipinski definition) is 6. The van der Waals surface area contributed by atoms with Crippen molar-refractivity contribution in [2.24, 2.45) is 0 Å². The van der Waals surface area contributed by atoms with Crippen LogP contribution in [-0.4, -0.2) is 38.2 Å². The lowest BCUT2D eigenvalue weighted by Gasteiger charge is -2.18. The molecule has 3 aromatic rings. The number of benzene rings is 2. The molecule has 1 heterocycles. The van der Waals surface area contributed by atoms with Crippen LogP contribution in [0.1, 0.15) is 35.8 Å². The van der Waals surface area contributed by atoms with Gasteiger partial charge in [-0.05, 0) is 54.1 Å². The molecule has 1 aromatic heterocycles. The minimum absolute atomic E-state index is 0.185. The van der Waals surface area contributed by atoms with Crippen molar-refractivity contribution < 1.29 is 14.3 Å².